The number of phenolic OH excluding ortho intramolecular Hbond substituents is 1. The summed E-state index contributed by atoms with van der Waals surface area (Å²) in [6.07, 6.45) is 7.12. The molecule has 0 spiro atoms. The molecule has 1 aromatic rings. The van der Waals surface area contributed by atoms with E-state index in [1.165, 1.54) is 42.5 Å². The van der Waals surface area contributed by atoms with Gasteiger partial charge in [-0.2, -0.15) is 5.10 Å². The first kappa shape index (κ1) is 13.2. The van der Waals surface area contributed by atoms with Crippen molar-refractivity contribution < 1.29 is 5.11 Å². The number of nitrogens with two attached hydrogens (primary N) is 1. The fourth-order valence-corrected chi connectivity index (χ4v) is 5.57. The second-order valence-electron chi connectivity index (χ2n) is 7.37. The lowest BCUT2D eigenvalue weighted by molar-refractivity contribution is 0.0955. The number of hydrogen-bond donors (Lipinski definition) is 2. The first-order valence-corrected chi connectivity index (χ1v) is 8.22. The van der Waals surface area contributed by atoms with E-state index >= 15 is 0 Å². The molecule has 3 aliphatic carbocycles. The molecule has 3 nitrogen and oxygen atoms in total. The third-order valence-corrected chi connectivity index (χ3v) is 6.61. The molecule has 0 radical (unpaired) electrons. The normalized spacial score (nSPS) is 39.7. The Morgan fingerprint density at radius 3 is 2.90 bits per heavy atom. The van der Waals surface area contributed by atoms with Crippen molar-refractivity contribution >= 4 is 5.71 Å². The van der Waals surface area contributed by atoms with Gasteiger partial charge in [-0.05, 0) is 79.5 Å². The molecule has 112 valence electrons. The van der Waals surface area contributed by atoms with Gasteiger partial charge in [-0.15, -0.1) is 0 Å². The summed E-state index contributed by atoms with van der Waals surface area (Å²) in [4.78, 5) is 0. The van der Waals surface area contributed by atoms with Crippen molar-refractivity contribution in [3.05, 3.63) is 29.3 Å². The minimum atomic E-state index is 0.240. The summed E-state index contributed by atoms with van der Waals surface area (Å²) in [7, 11) is 0. The van der Waals surface area contributed by atoms with E-state index in [1.807, 2.05) is 12.1 Å². The topological polar surface area (TPSA) is 58.6 Å². The highest BCUT2D eigenvalue weighted by molar-refractivity contribution is 5.92. The minimum Gasteiger partial charge on any atom is -0.508 e. The van der Waals surface area contributed by atoms with Crippen molar-refractivity contribution in [2.75, 3.05) is 0 Å². The van der Waals surface area contributed by atoms with E-state index in [0.717, 1.165) is 24.7 Å². The van der Waals surface area contributed by atoms with Crippen molar-refractivity contribution in [3.63, 3.8) is 0 Å². The van der Waals surface area contributed by atoms with Gasteiger partial charge in [-0.3, -0.25) is 0 Å². The van der Waals surface area contributed by atoms with Crippen LogP contribution in [0, 0.1) is 17.3 Å². The summed E-state index contributed by atoms with van der Waals surface area (Å²) < 4.78 is 0. The van der Waals surface area contributed by atoms with Gasteiger partial charge in [0.1, 0.15) is 5.75 Å². The van der Waals surface area contributed by atoms with E-state index in [-0.39, 0.29) is 5.41 Å². The van der Waals surface area contributed by atoms with Crippen LogP contribution in [0.2, 0.25) is 0 Å². The Kier molecular flexibility index (Phi) is 2.82. The number of benzene rings is 1. The summed E-state index contributed by atoms with van der Waals surface area (Å²) in [6, 6.07) is 5.99. The Bertz CT molecular complexity index is 609. The zero-order valence-corrected chi connectivity index (χ0v) is 12.7. The lowest BCUT2D eigenvalue weighted by atomic mass is 9.55. The van der Waals surface area contributed by atoms with Crippen molar-refractivity contribution in [1.82, 2.24) is 0 Å². The first-order chi connectivity index (χ1) is 10.1. The monoisotopic (exact) mass is 284 g/mol. The Balaban J connectivity index is 1.72. The highest BCUT2D eigenvalue weighted by atomic mass is 16.3. The number of aromatic hydroxyl groups is 1. The molecular weight excluding hydrogens is 260 g/mol. The summed E-state index contributed by atoms with van der Waals surface area (Å²) in [5.41, 5.74) is 4.35. The standard InChI is InChI=1S/C18H24N2O/c1-18-9-8-14-13-5-3-12(21)10-11(13)2-4-15(14)16(18)6-7-17(18)20-19/h3,5,10,14-16,21H,2,4,6-9,19H2,1H3/b20-17+/t14-,15?,16+,18+/m1/s1. The molecule has 3 aliphatic rings. The van der Waals surface area contributed by atoms with E-state index in [2.05, 4.69) is 18.1 Å². The third-order valence-electron chi connectivity index (χ3n) is 6.61. The maximum Gasteiger partial charge on any atom is 0.115 e. The number of rotatable bonds is 0. The molecule has 3 heteroatoms. The van der Waals surface area contributed by atoms with Gasteiger partial charge in [0, 0.05) is 11.1 Å². The highest BCUT2D eigenvalue weighted by Crippen LogP contribution is 2.59. The fraction of sp³-hybridized carbons (Fsp3) is 0.611. The molecule has 4 rings (SSSR count). The molecule has 21 heavy (non-hydrogen) atoms. The quantitative estimate of drug-likeness (QED) is 0.565. The number of phenols is 1. The maximum atomic E-state index is 9.71. The zero-order valence-electron chi connectivity index (χ0n) is 12.7. The van der Waals surface area contributed by atoms with Crippen LogP contribution in [0.15, 0.2) is 23.3 Å². The predicted molar refractivity (Wildman–Crippen MR) is 84.3 cm³/mol. The van der Waals surface area contributed by atoms with E-state index in [0.29, 0.717) is 11.7 Å². The van der Waals surface area contributed by atoms with Gasteiger partial charge in [0.05, 0.1) is 0 Å². The van der Waals surface area contributed by atoms with E-state index < -0.39 is 0 Å². The van der Waals surface area contributed by atoms with Gasteiger partial charge >= 0.3 is 0 Å². The highest BCUT2D eigenvalue weighted by Gasteiger charge is 2.53. The molecule has 2 fully saturated rings. The van der Waals surface area contributed by atoms with E-state index in [1.54, 1.807) is 0 Å². The lowest BCUT2D eigenvalue weighted by Crippen LogP contribution is -2.42. The van der Waals surface area contributed by atoms with Gasteiger partial charge in [0.15, 0.2) is 0 Å². The molecule has 4 atom stereocenters. The molecule has 1 aromatic carbocycles. The Morgan fingerprint density at radius 2 is 2.10 bits per heavy atom. The zero-order chi connectivity index (χ0) is 14.6. The smallest absolute Gasteiger partial charge is 0.115 e. The van der Waals surface area contributed by atoms with Crippen molar-refractivity contribution in [3.8, 4) is 5.75 Å². The molecule has 1 unspecified atom stereocenters. The van der Waals surface area contributed by atoms with Gasteiger partial charge in [0.2, 0.25) is 0 Å². The molecular formula is C18H24N2O. The van der Waals surface area contributed by atoms with E-state index in [9.17, 15) is 5.11 Å². The molecule has 0 aliphatic heterocycles. The van der Waals surface area contributed by atoms with Crippen LogP contribution in [0.3, 0.4) is 0 Å². The van der Waals surface area contributed by atoms with Gasteiger partial charge < -0.3 is 10.9 Å². The summed E-state index contributed by atoms with van der Waals surface area (Å²) in [6.45, 7) is 2.39. The number of fused-ring (bicyclic) bond motifs is 5. The Labute approximate surface area is 126 Å². The molecule has 0 heterocycles. The SMILES string of the molecule is C[C@]12CC[C@@H]3c4ccc(O)cc4CCC3[C@@H]1CC/C2=N\N. The second kappa shape index (κ2) is 4.49. The van der Waals surface area contributed by atoms with Crippen LogP contribution >= 0.6 is 0 Å². The van der Waals surface area contributed by atoms with Gasteiger partial charge in [0.25, 0.3) is 0 Å². The number of hydrogen-bond acceptors (Lipinski definition) is 3. The molecule has 0 saturated heterocycles. The summed E-state index contributed by atoms with van der Waals surface area (Å²) in [5.74, 6) is 8.23. The predicted octanol–water partition coefficient (Wildman–Crippen LogP) is 3.56. The molecule has 2 saturated carbocycles. The van der Waals surface area contributed by atoms with Crippen LogP contribution in [0.5, 0.6) is 5.75 Å². The first-order valence-electron chi connectivity index (χ1n) is 8.22. The van der Waals surface area contributed by atoms with Crippen LogP contribution < -0.4 is 5.84 Å². The van der Waals surface area contributed by atoms with Gasteiger partial charge in [-0.1, -0.05) is 13.0 Å². The van der Waals surface area contributed by atoms with Crippen LogP contribution in [-0.2, 0) is 6.42 Å². The number of aryl methyl sites for hydroxylation is 1. The maximum absolute atomic E-state index is 9.71. The summed E-state index contributed by atoms with van der Waals surface area (Å²) in [5, 5.41) is 13.8. The van der Waals surface area contributed by atoms with Crippen molar-refractivity contribution in [2.24, 2.45) is 28.2 Å². The molecule has 0 aromatic heterocycles. The van der Waals surface area contributed by atoms with Crippen LogP contribution in [-0.4, -0.2) is 10.8 Å². The third kappa shape index (κ3) is 1.76. The molecule has 3 N–H and O–H groups in total. The Hall–Kier alpha value is -1.51. The number of hydrazone groups is 1. The Morgan fingerprint density at radius 1 is 1.24 bits per heavy atom. The minimum absolute atomic E-state index is 0.240. The second-order valence-corrected chi connectivity index (χ2v) is 7.37. The lowest BCUT2D eigenvalue weighted by Gasteiger charge is -2.49. The average molecular weight is 284 g/mol. The van der Waals surface area contributed by atoms with Crippen molar-refractivity contribution in [2.45, 2.75) is 51.4 Å². The van der Waals surface area contributed by atoms with Crippen LogP contribution in [0.25, 0.3) is 0 Å². The largest absolute Gasteiger partial charge is 0.508 e. The average Bonchev–Trinajstić information content (AvgIpc) is 2.83. The number of nitrogens with zero attached hydrogens (tertiary/aromatic N) is 1. The van der Waals surface area contributed by atoms with E-state index in [4.69, 9.17) is 5.84 Å². The van der Waals surface area contributed by atoms with Crippen LogP contribution in [0.1, 0.15) is 56.1 Å². The summed E-state index contributed by atoms with van der Waals surface area (Å²) >= 11 is 0. The molecule has 0 bridgehead atoms. The van der Waals surface area contributed by atoms with Crippen LogP contribution in [0.4, 0.5) is 0 Å². The van der Waals surface area contributed by atoms with Gasteiger partial charge in [-0.25, -0.2) is 0 Å². The van der Waals surface area contributed by atoms with Crippen molar-refractivity contribution in [1.29, 1.82) is 0 Å². The molecule has 0 amide bonds. The fourth-order valence-electron chi connectivity index (χ4n) is 5.57.